The Balaban J connectivity index is 2.05. The molecule has 18 heavy (non-hydrogen) atoms. The Hall–Kier alpha value is -1.95. The molecule has 0 radical (unpaired) electrons. The first-order valence-electron chi connectivity index (χ1n) is 5.88. The molecule has 0 fully saturated rings. The minimum atomic E-state index is 0.399. The summed E-state index contributed by atoms with van der Waals surface area (Å²) in [6.45, 7) is 3.58. The van der Waals surface area contributed by atoms with Gasteiger partial charge in [0, 0.05) is 13.7 Å². The van der Waals surface area contributed by atoms with Crippen LogP contribution in [0.5, 0.6) is 0 Å². The van der Waals surface area contributed by atoms with E-state index >= 15 is 0 Å². The number of nitrogens with zero attached hydrogens (tertiary/aromatic N) is 4. The predicted octanol–water partition coefficient (Wildman–Crippen LogP) is 1.36. The number of benzene rings is 1. The predicted molar refractivity (Wildman–Crippen MR) is 68.7 cm³/mol. The maximum Gasteiger partial charge on any atom is 0.247 e. The summed E-state index contributed by atoms with van der Waals surface area (Å²) in [5.74, 6) is 1.04. The van der Waals surface area contributed by atoms with E-state index in [1.54, 1.807) is 11.8 Å². The average Bonchev–Trinajstić information content (AvgIpc) is 2.86. The van der Waals surface area contributed by atoms with Crippen LogP contribution in [0.2, 0.25) is 0 Å². The SMILES string of the molecule is COCC(C)CNc1nnnn1-c1ccccc1. The number of para-hydroxylation sites is 1. The summed E-state index contributed by atoms with van der Waals surface area (Å²) in [6.07, 6.45) is 0. The molecule has 1 N–H and O–H groups in total. The van der Waals surface area contributed by atoms with Crippen molar-refractivity contribution in [3.05, 3.63) is 30.3 Å². The third-order valence-corrected chi connectivity index (χ3v) is 2.53. The molecule has 2 aromatic rings. The zero-order valence-electron chi connectivity index (χ0n) is 10.6. The highest BCUT2D eigenvalue weighted by Crippen LogP contribution is 2.10. The van der Waals surface area contributed by atoms with Gasteiger partial charge in [0.05, 0.1) is 12.3 Å². The molecule has 0 spiro atoms. The Bertz CT molecular complexity index is 470. The topological polar surface area (TPSA) is 64.9 Å². The third kappa shape index (κ3) is 3.04. The van der Waals surface area contributed by atoms with Gasteiger partial charge in [0.2, 0.25) is 5.95 Å². The molecule has 1 atom stereocenters. The lowest BCUT2D eigenvalue weighted by Crippen LogP contribution is -2.18. The molecule has 0 aliphatic carbocycles. The van der Waals surface area contributed by atoms with Crippen molar-refractivity contribution in [1.82, 2.24) is 20.2 Å². The molecule has 2 rings (SSSR count). The molecule has 0 aliphatic rings. The Labute approximate surface area is 106 Å². The first-order valence-corrected chi connectivity index (χ1v) is 5.88. The van der Waals surface area contributed by atoms with Gasteiger partial charge in [-0.25, -0.2) is 0 Å². The molecule has 1 unspecified atom stereocenters. The summed E-state index contributed by atoms with van der Waals surface area (Å²) in [6, 6.07) is 9.78. The van der Waals surface area contributed by atoms with Crippen LogP contribution in [0.25, 0.3) is 5.69 Å². The lowest BCUT2D eigenvalue weighted by Gasteiger charge is -2.11. The Morgan fingerprint density at radius 2 is 2.11 bits per heavy atom. The monoisotopic (exact) mass is 247 g/mol. The van der Waals surface area contributed by atoms with E-state index in [1.807, 2.05) is 30.3 Å². The van der Waals surface area contributed by atoms with E-state index in [2.05, 4.69) is 27.8 Å². The van der Waals surface area contributed by atoms with Crippen molar-refractivity contribution < 1.29 is 4.74 Å². The van der Waals surface area contributed by atoms with E-state index < -0.39 is 0 Å². The van der Waals surface area contributed by atoms with Crippen molar-refractivity contribution in [2.24, 2.45) is 5.92 Å². The molecular formula is C12H17N5O. The Kier molecular flexibility index (Phi) is 4.25. The molecule has 1 aromatic carbocycles. The molecule has 1 aromatic heterocycles. The summed E-state index contributed by atoms with van der Waals surface area (Å²) in [5.41, 5.74) is 0.935. The summed E-state index contributed by atoms with van der Waals surface area (Å²) in [7, 11) is 1.70. The number of hydrogen-bond acceptors (Lipinski definition) is 5. The summed E-state index contributed by atoms with van der Waals surface area (Å²) < 4.78 is 6.77. The van der Waals surface area contributed by atoms with E-state index in [9.17, 15) is 0 Å². The molecule has 6 nitrogen and oxygen atoms in total. The van der Waals surface area contributed by atoms with Gasteiger partial charge in [0.15, 0.2) is 0 Å². The average molecular weight is 247 g/mol. The molecule has 6 heteroatoms. The zero-order chi connectivity index (χ0) is 12.8. The van der Waals surface area contributed by atoms with Gasteiger partial charge >= 0.3 is 0 Å². The van der Waals surface area contributed by atoms with E-state index in [-0.39, 0.29) is 0 Å². The quantitative estimate of drug-likeness (QED) is 0.835. The highest BCUT2D eigenvalue weighted by molar-refractivity contribution is 5.38. The fourth-order valence-electron chi connectivity index (χ4n) is 1.65. The smallest absolute Gasteiger partial charge is 0.247 e. The van der Waals surface area contributed by atoms with Crippen molar-refractivity contribution >= 4 is 5.95 Å². The van der Waals surface area contributed by atoms with E-state index in [0.717, 1.165) is 12.2 Å². The van der Waals surface area contributed by atoms with Crippen LogP contribution in [0, 0.1) is 5.92 Å². The number of rotatable bonds is 6. The van der Waals surface area contributed by atoms with Crippen LogP contribution in [0.3, 0.4) is 0 Å². The number of anilines is 1. The highest BCUT2D eigenvalue weighted by atomic mass is 16.5. The van der Waals surface area contributed by atoms with Gasteiger partial charge in [-0.15, -0.1) is 0 Å². The fraction of sp³-hybridized carbons (Fsp3) is 0.417. The van der Waals surface area contributed by atoms with Crippen molar-refractivity contribution in [2.75, 3.05) is 25.6 Å². The number of methoxy groups -OCH3 is 1. The van der Waals surface area contributed by atoms with Crippen LogP contribution in [0.15, 0.2) is 30.3 Å². The van der Waals surface area contributed by atoms with E-state index in [0.29, 0.717) is 18.5 Å². The number of aromatic nitrogens is 4. The third-order valence-electron chi connectivity index (χ3n) is 2.53. The second-order valence-corrected chi connectivity index (χ2v) is 4.19. The van der Waals surface area contributed by atoms with Crippen LogP contribution in [-0.4, -0.2) is 40.5 Å². The van der Waals surface area contributed by atoms with Crippen LogP contribution in [-0.2, 0) is 4.74 Å². The first-order chi connectivity index (χ1) is 8.81. The normalized spacial score (nSPS) is 12.3. The standard InChI is InChI=1S/C12H17N5O/c1-10(9-18-2)8-13-12-14-15-16-17(12)11-6-4-3-5-7-11/h3-7,10H,8-9H2,1-2H3,(H,13,14,16). The molecule has 96 valence electrons. The number of tetrazole rings is 1. The van der Waals surface area contributed by atoms with Crippen molar-refractivity contribution in [3.63, 3.8) is 0 Å². The molecule has 0 saturated heterocycles. The van der Waals surface area contributed by atoms with Gasteiger partial charge in [-0.05, 0) is 28.5 Å². The maximum atomic E-state index is 5.09. The molecule has 1 heterocycles. The second-order valence-electron chi connectivity index (χ2n) is 4.19. The lowest BCUT2D eigenvalue weighted by atomic mass is 10.2. The van der Waals surface area contributed by atoms with Gasteiger partial charge in [0.1, 0.15) is 0 Å². The first kappa shape index (κ1) is 12.5. The second kappa shape index (κ2) is 6.11. The van der Waals surface area contributed by atoms with Gasteiger partial charge < -0.3 is 10.1 Å². The van der Waals surface area contributed by atoms with Crippen LogP contribution < -0.4 is 5.32 Å². The summed E-state index contributed by atoms with van der Waals surface area (Å²) >= 11 is 0. The summed E-state index contributed by atoms with van der Waals surface area (Å²) in [4.78, 5) is 0. The largest absolute Gasteiger partial charge is 0.384 e. The van der Waals surface area contributed by atoms with Crippen LogP contribution in [0.1, 0.15) is 6.92 Å². The number of ether oxygens (including phenoxy) is 1. The number of hydrogen-bond donors (Lipinski definition) is 1. The lowest BCUT2D eigenvalue weighted by molar-refractivity contribution is 0.164. The maximum absolute atomic E-state index is 5.09. The van der Waals surface area contributed by atoms with Gasteiger partial charge in [-0.3, -0.25) is 0 Å². The molecule has 0 aliphatic heterocycles. The minimum absolute atomic E-state index is 0.399. The zero-order valence-corrected chi connectivity index (χ0v) is 10.6. The van der Waals surface area contributed by atoms with Crippen LogP contribution in [0.4, 0.5) is 5.95 Å². The van der Waals surface area contributed by atoms with Crippen LogP contribution >= 0.6 is 0 Å². The Morgan fingerprint density at radius 3 is 2.83 bits per heavy atom. The van der Waals surface area contributed by atoms with Crippen molar-refractivity contribution in [1.29, 1.82) is 0 Å². The van der Waals surface area contributed by atoms with Gasteiger partial charge in [-0.2, -0.15) is 4.68 Å². The fourth-order valence-corrected chi connectivity index (χ4v) is 1.65. The molecular weight excluding hydrogens is 230 g/mol. The summed E-state index contributed by atoms with van der Waals surface area (Å²) in [5, 5.41) is 14.9. The minimum Gasteiger partial charge on any atom is -0.384 e. The number of nitrogens with one attached hydrogen (secondary N) is 1. The van der Waals surface area contributed by atoms with E-state index in [1.165, 1.54) is 0 Å². The molecule has 0 amide bonds. The molecule has 0 bridgehead atoms. The van der Waals surface area contributed by atoms with Gasteiger partial charge in [0.25, 0.3) is 0 Å². The van der Waals surface area contributed by atoms with Crippen molar-refractivity contribution in [3.8, 4) is 5.69 Å². The van der Waals surface area contributed by atoms with Gasteiger partial charge in [-0.1, -0.05) is 30.2 Å². The molecule has 0 saturated carbocycles. The van der Waals surface area contributed by atoms with Crippen molar-refractivity contribution in [2.45, 2.75) is 6.92 Å². The van der Waals surface area contributed by atoms with E-state index in [4.69, 9.17) is 4.74 Å². The Morgan fingerprint density at radius 1 is 1.33 bits per heavy atom. The highest BCUT2D eigenvalue weighted by Gasteiger charge is 2.08.